The van der Waals surface area contributed by atoms with Crippen LogP contribution in [0.5, 0.6) is 0 Å². The Morgan fingerprint density at radius 3 is 2.27 bits per heavy atom. The van der Waals surface area contributed by atoms with E-state index in [4.69, 9.17) is 4.74 Å². The van der Waals surface area contributed by atoms with Gasteiger partial charge in [-0.3, -0.25) is 4.90 Å². The molecule has 4 saturated heterocycles. The van der Waals surface area contributed by atoms with Gasteiger partial charge in [0.2, 0.25) is 0 Å². The predicted octanol–water partition coefficient (Wildman–Crippen LogP) is 3.17. The molecule has 0 aromatic heterocycles. The maximum absolute atomic E-state index is 12.8. The number of hydrogen-bond acceptors (Lipinski definition) is 5. The van der Waals surface area contributed by atoms with Crippen LogP contribution in [0.25, 0.3) is 0 Å². The summed E-state index contributed by atoms with van der Waals surface area (Å²) < 4.78 is 5.98. The quantitative estimate of drug-likeness (QED) is 0.715. The Labute approximate surface area is 183 Å². The number of likely N-dealkylation sites (tertiary alicyclic amines) is 3. The molecule has 2 spiro atoms. The highest BCUT2D eigenvalue weighted by molar-refractivity contribution is 5.69. The van der Waals surface area contributed by atoms with Crippen LogP contribution in [0.15, 0.2) is 0 Å². The summed E-state index contributed by atoms with van der Waals surface area (Å²) in [4.78, 5) is 19.8. The molecule has 4 heterocycles. The molecule has 0 saturated carbocycles. The van der Waals surface area contributed by atoms with E-state index in [0.29, 0.717) is 16.9 Å². The molecule has 4 rings (SSSR count). The van der Waals surface area contributed by atoms with Gasteiger partial charge in [-0.2, -0.15) is 0 Å². The third kappa shape index (κ3) is 4.37. The van der Waals surface area contributed by atoms with Crippen molar-refractivity contribution in [2.45, 2.75) is 84.4 Å². The molecule has 172 valence electrons. The van der Waals surface area contributed by atoms with Gasteiger partial charge in [0.25, 0.3) is 0 Å². The normalized spacial score (nSPS) is 26.4. The first-order valence-corrected chi connectivity index (χ1v) is 12.1. The topological polar surface area (TPSA) is 48.1 Å². The Hall–Kier alpha value is -0.850. The average molecular weight is 421 g/mol. The summed E-state index contributed by atoms with van der Waals surface area (Å²) >= 11 is 0. The van der Waals surface area contributed by atoms with Crippen LogP contribution in [0.3, 0.4) is 0 Å². The summed E-state index contributed by atoms with van der Waals surface area (Å²) in [6.45, 7) is 22.1. The van der Waals surface area contributed by atoms with Gasteiger partial charge in [-0.15, -0.1) is 0 Å². The monoisotopic (exact) mass is 420 g/mol. The van der Waals surface area contributed by atoms with Crippen molar-refractivity contribution in [2.24, 2.45) is 10.8 Å². The van der Waals surface area contributed by atoms with Gasteiger partial charge in [0.05, 0.1) is 0 Å². The van der Waals surface area contributed by atoms with Gasteiger partial charge in [0, 0.05) is 61.7 Å². The minimum atomic E-state index is -0.422. The average Bonchev–Trinajstić information content (AvgIpc) is 3.24. The molecular formula is C24H44N4O2. The fourth-order valence-corrected chi connectivity index (χ4v) is 5.94. The molecule has 0 aliphatic carbocycles. The second kappa shape index (κ2) is 7.63. The Kier molecular flexibility index (Phi) is 5.68. The van der Waals surface area contributed by atoms with E-state index < -0.39 is 5.60 Å². The first-order valence-electron chi connectivity index (χ1n) is 12.1. The highest BCUT2D eigenvalue weighted by Gasteiger charge is 2.51. The largest absolute Gasteiger partial charge is 0.443 e. The molecule has 1 N–H and O–H groups in total. The van der Waals surface area contributed by atoms with Gasteiger partial charge in [-0.25, -0.2) is 4.79 Å². The highest BCUT2D eigenvalue weighted by atomic mass is 16.6. The molecule has 30 heavy (non-hydrogen) atoms. The lowest BCUT2D eigenvalue weighted by Crippen LogP contribution is -2.64. The van der Waals surface area contributed by atoms with E-state index in [2.05, 4.69) is 56.7 Å². The molecule has 4 aliphatic heterocycles. The Balaban J connectivity index is 1.20. The zero-order valence-electron chi connectivity index (χ0n) is 20.2. The minimum absolute atomic E-state index is 0.119. The van der Waals surface area contributed by atoms with Gasteiger partial charge in [0.15, 0.2) is 0 Å². The van der Waals surface area contributed by atoms with Crippen LogP contribution in [0, 0.1) is 10.8 Å². The van der Waals surface area contributed by atoms with Gasteiger partial charge < -0.3 is 19.9 Å². The van der Waals surface area contributed by atoms with Gasteiger partial charge >= 0.3 is 6.09 Å². The first-order chi connectivity index (χ1) is 13.9. The molecule has 0 atom stereocenters. The fourth-order valence-electron chi connectivity index (χ4n) is 5.94. The number of nitrogens with zero attached hydrogens (tertiary/aromatic N) is 3. The molecule has 0 unspecified atom stereocenters. The van der Waals surface area contributed by atoms with Crippen molar-refractivity contribution < 1.29 is 9.53 Å². The summed E-state index contributed by atoms with van der Waals surface area (Å²) in [5.41, 5.74) is 0.576. The molecule has 0 aromatic rings. The maximum atomic E-state index is 12.8. The molecular weight excluding hydrogens is 376 g/mol. The van der Waals surface area contributed by atoms with Gasteiger partial charge in [0.1, 0.15) is 5.60 Å². The molecule has 0 radical (unpaired) electrons. The Bertz CT molecular complexity index is 640. The summed E-state index contributed by atoms with van der Waals surface area (Å²) in [5, 5.41) is 3.52. The number of carbonyl (C=O) groups is 1. The van der Waals surface area contributed by atoms with Crippen molar-refractivity contribution in [3.8, 4) is 0 Å². The molecule has 4 aliphatic rings. The maximum Gasteiger partial charge on any atom is 0.410 e. The van der Waals surface area contributed by atoms with Gasteiger partial charge in [-0.05, 0) is 80.3 Å². The molecule has 0 aromatic carbocycles. The number of rotatable bonds is 6. The van der Waals surface area contributed by atoms with Crippen LogP contribution in [-0.4, -0.2) is 90.3 Å². The smallest absolute Gasteiger partial charge is 0.410 e. The van der Waals surface area contributed by atoms with Crippen molar-refractivity contribution in [1.29, 1.82) is 0 Å². The number of nitrogens with one attached hydrogen (secondary N) is 1. The van der Waals surface area contributed by atoms with E-state index in [-0.39, 0.29) is 11.6 Å². The van der Waals surface area contributed by atoms with Crippen LogP contribution >= 0.6 is 0 Å². The summed E-state index contributed by atoms with van der Waals surface area (Å²) in [6.07, 6.45) is 4.35. The van der Waals surface area contributed by atoms with Crippen molar-refractivity contribution in [2.75, 3.05) is 52.4 Å². The van der Waals surface area contributed by atoms with E-state index in [0.717, 1.165) is 39.0 Å². The van der Waals surface area contributed by atoms with Crippen LogP contribution in [0.1, 0.15) is 67.2 Å². The fraction of sp³-hybridized carbons (Fsp3) is 0.958. The van der Waals surface area contributed by atoms with Crippen LogP contribution < -0.4 is 5.32 Å². The van der Waals surface area contributed by atoms with Crippen molar-refractivity contribution >= 4 is 6.09 Å². The van der Waals surface area contributed by atoms with Crippen molar-refractivity contribution in [3.63, 3.8) is 0 Å². The second-order valence-corrected chi connectivity index (χ2v) is 12.4. The summed E-state index contributed by atoms with van der Waals surface area (Å²) in [5.74, 6) is 0. The Morgan fingerprint density at radius 1 is 1.00 bits per heavy atom. The third-order valence-electron chi connectivity index (χ3n) is 8.45. The molecule has 6 heteroatoms. The van der Waals surface area contributed by atoms with Gasteiger partial charge in [-0.1, -0.05) is 0 Å². The minimum Gasteiger partial charge on any atom is -0.443 e. The lowest BCUT2D eigenvalue weighted by atomic mass is 9.75. The molecule has 4 fully saturated rings. The number of ether oxygens (including phenoxy) is 1. The molecule has 1 amide bonds. The van der Waals surface area contributed by atoms with Crippen LogP contribution in [-0.2, 0) is 4.74 Å². The van der Waals surface area contributed by atoms with Crippen molar-refractivity contribution in [3.05, 3.63) is 0 Å². The van der Waals surface area contributed by atoms with Crippen LogP contribution in [0.4, 0.5) is 4.79 Å². The van der Waals surface area contributed by atoms with E-state index in [1.54, 1.807) is 0 Å². The number of hydrogen-bond donors (Lipinski definition) is 1. The Morgan fingerprint density at radius 2 is 1.70 bits per heavy atom. The molecule has 6 nitrogen and oxygen atoms in total. The predicted molar refractivity (Wildman–Crippen MR) is 121 cm³/mol. The highest BCUT2D eigenvalue weighted by Crippen LogP contribution is 2.43. The summed E-state index contributed by atoms with van der Waals surface area (Å²) in [7, 11) is 0. The lowest BCUT2D eigenvalue weighted by Gasteiger charge is -2.55. The number of amides is 1. The van der Waals surface area contributed by atoms with E-state index in [9.17, 15) is 4.79 Å². The van der Waals surface area contributed by atoms with Crippen molar-refractivity contribution in [1.82, 2.24) is 20.0 Å². The second-order valence-electron chi connectivity index (χ2n) is 12.4. The zero-order valence-corrected chi connectivity index (χ0v) is 20.2. The SMILES string of the molecule is CC(C)N1CCC2(CN(C(=O)OC(C)(C)CCC(C)(C)N3CC4(CCNC4)C3)C2)C1. The number of carbonyl (C=O) groups excluding carboxylic acids is 1. The van der Waals surface area contributed by atoms with Crippen LogP contribution in [0.2, 0.25) is 0 Å². The van der Waals surface area contributed by atoms with E-state index >= 15 is 0 Å². The molecule has 0 bridgehead atoms. The van der Waals surface area contributed by atoms with E-state index in [1.165, 1.54) is 39.0 Å². The lowest BCUT2D eigenvalue weighted by molar-refractivity contribution is -0.0725. The first kappa shape index (κ1) is 22.3. The summed E-state index contributed by atoms with van der Waals surface area (Å²) in [6, 6.07) is 0.596. The van der Waals surface area contributed by atoms with E-state index in [1.807, 2.05) is 4.90 Å². The standard InChI is InChI=1S/C24H44N4O2/c1-19(2)26-12-10-24(14-26)15-27(16-24)20(29)30-22(5,6)8-7-21(3,4)28-17-23(18-28)9-11-25-13-23/h19,25H,7-18H2,1-6H3. The third-order valence-corrected chi connectivity index (χ3v) is 8.45. The zero-order chi connectivity index (χ0) is 21.8.